The summed E-state index contributed by atoms with van der Waals surface area (Å²) in [5.74, 6) is 1.12. The van der Waals surface area contributed by atoms with Gasteiger partial charge in [0.05, 0.1) is 7.11 Å². The number of aromatic hydroxyl groups is 1. The van der Waals surface area contributed by atoms with Crippen LogP contribution in [0.25, 0.3) is 6.08 Å². The summed E-state index contributed by atoms with van der Waals surface area (Å²) in [5.41, 5.74) is 3.52. The van der Waals surface area contributed by atoms with E-state index in [0.29, 0.717) is 11.3 Å². The van der Waals surface area contributed by atoms with Gasteiger partial charge in [-0.2, -0.15) is 0 Å². The fraction of sp³-hybridized carbons (Fsp3) is 0.464. The second-order valence-corrected chi connectivity index (χ2v) is 9.29. The van der Waals surface area contributed by atoms with Crippen LogP contribution >= 0.6 is 0 Å². The van der Waals surface area contributed by atoms with Gasteiger partial charge in [0, 0.05) is 29.8 Å². The SMILES string of the molecule is COc1ccc(C(=O)/C=C/c2cc(CN3CCCCC3)c(O)c(CN3CCCCC3)c2)cc1. The molecular formula is C28H36N2O3. The maximum absolute atomic E-state index is 12.7. The molecule has 5 nitrogen and oxygen atoms in total. The molecule has 0 aliphatic carbocycles. The topological polar surface area (TPSA) is 53.0 Å². The number of ether oxygens (including phenoxy) is 1. The van der Waals surface area contributed by atoms with Crippen molar-refractivity contribution < 1.29 is 14.6 Å². The fourth-order valence-electron chi connectivity index (χ4n) is 4.86. The number of hydrogen-bond acceptors (Lipinski definition) is 5. The molecule has 0 bridgehead atoms. The molecule has 5 heteroatoms. The van der Waals surface area contributed by atoms with E-state index in [1.807, 2.05) is 18.2 Å². The summed E-state index contributed by atoms with van der Waals surface area (Å²) in [6.07, 6.45) is 11.0. The number of piperidine rings is 2. The molecule has 33 heavy (non-hydrogen) atoms. The van der Waals surface area contributed by atoms with Crippen molar-refractivity contribution in [3.63, 3.8) is 0 Å². The Morgan fingerprint density at radius 2 is 1.39 bits per heavy atom. The van der Waals surface area contributed by atoms with E-state index in [1.165, 1.54) is 38.5 Å². The minimum Gasteiger partial charge on any atom is -0.507 e. The summed E-state index contributed by atoms with van der Waals surface area (Å²) in [6.45, 7) is 5.83. The smallest absolute Gasteiger partial charge is 0.185 e. The van der Waals surface area contributed by atoms with Gasteiger partial charge in [-0.25, -0.2) is 0 Å². The van der Waals surface area contributed by atoms with Crippen LogP contribution in [0, 0.1) is 0 Å². The highest BCUT2D eigenvalue weighted by atomic mass is 16.5. The van der Waals surface area contributed by atoms with Crippen LogP contribution in [0.1, 0.15) is 65.6 Å². The first-order valence-corrected chi connectivity index (χ1v) is 12.3. The Morgan fingerprint density at radius 3 is 1.88 bits per heavy atom. The van der Waals surface area contributed by atoms with Crippen molar-refractivity contribution in [2.24, 2.45) is 0 Å². The number of carbonyl (C=O) groups excluding carboxylic acids is 1. The number of allylic oxidation sites excluding steroid dienone is 1. The third-order valence-electron chi connectivity index (χ3n) is 6.78. The van der Waals surface area contributed by atoms with E-state index in [4.69, 9.17) is 4.74 Å². The molecule has 176 valence electrons. The zero-order valence-electron chi connectivity index (χ0n) is 19.8. The standard InChI is InChI=1S/C28H36N2O3/c1-33-26-11-9-23(10-12-26)27(31)13-8-22-18-24(20-29-14-4-2-5-15-29)28(32)25(19-22)21-30-16-6-3-7-17-30/h8-13,18-19,32H,2-7,14-17,20-21H2,1H3/b13-8+. The number of carbonyl (C=O) groups is 1. The Morgan fingerprint density at radius 1 is 0.879 bits per heavy atom. The maximum Gasteiger partial charge on any atom is 0.185 e. The molecule has 2 heterocycles. The van der Waals surface area contributed by atoms with Crippen molar-refractivity contribution in [1.29, 1.82) is 0 Å². The highest BCUT2D eigenvalue weighted by Gasteiger charge is 2.18. The maximum atomic E-state index is 12.7. The number of ketones is 1. The van der Waals surface area contributed by atoms with Crippen molar-refractivity contribution in [3.8, 4) is 11.5 Å². The summed E-state index contributed by atoms with van der Waals surface area (Å²) in [5, 5.41) is 11.1. The van der Waals surface area contributed by atoms with Crippen molar-refractivity contribution in [3.05, 3.63) is 64.7 Å². The predicted octanol–water partition coefficient (Wildman–Crippen LogP) is 5.27. The normalized spacial score (nSPS) is 18.0. The lowest BCUT2D eigenvalue weighted by atomic mass is 10.00. The lowest BCUT2D eigenvalue weighted by Gasteiger charge is -2.29. The van der Waals surface area contributed by atoms with Crippen LogP contribution in [-0.2, 0) is 13.1 Å². The average Bonchev–Trinajstić information content (AvgIpc) is 2.86. The van der Waals surface area contributed by atoms with Gasteiger partial charge in [-0.05, 0) is 99.9 Å². The van der Waals surface area contributed by atoms with Gasteiger partial charge in [-0.1, -0.05) is 18.9 Å². The van der Waals surface area contributed by atoms with Gasteiger partial charge < -0.3 is 9.84 Å². The van der Waals surface area contributed by atoms with Crippen molar-refractivity contribution in [2.45, 2.75) is 51.6 Å². The van der Waals surface area contributed by atoms with Gasteiger partial charge in [-0.15, -0.1) is 0 Å². The number of rotatable bonds is 8. The predicted molar refractivity (Wildman–Crippen MR) is 133 cm³/mol. The Labute approximate surface area is 197 Å². The highest BCUT2D eigenvalue weighted by molar-refractivity contribution is 6.06. The second kappa shape index (κ2) is 11.5. The molecule has 0 atom stereocenters. The van der Waals surface area contributed by atoms with Crippen LogP contribution in [0.15, 0.2) is 42.5 Å². The minimum atomic E-state index is -0.0408. The number of hydrogen-bond donors (Lipinski definition) is 1. The molecule has 2 fully saturated rings. The van der Waals surface area contributed by atoms with Gasteiger partial charge >= 0.3 is 0 Å². The third-order valence-corrected chi connectivity index (χ3v) is 6.78. The summed E-state index contributed by atoms with van der Waals surface area (Å²) in [4.78, 5) is 17.6. The van der Waals surface area contributed by atoms with Crippen LogP contribution in [0.2, 0.25) is 0 Å². The molecular weight excluding hydrogens is 412 g/mol. The molecule has 0 spiro atoms. The Balaban J connectivity index is 1.56. The molecule has 0 radical (unpaired) electrons. The van der Waals surface area contributed by atoms with Crippen molar-refractivity contribution >= 4 is 11.9 Å². The Bertz CT molecular complexity index is 915. The molecule has 2 aliphatic rings. The van der Waals surface area contributed by atoms with Crippen molar-refractivity contribution in [1.82, 2.24) is 9.80 Å². The lowest BCUT2D eigenvalue weighted by molar-refractivity contribution is 0.104. The molecule has 2 saturated heterocycles. The fourth-order valence-corrected chi connectivity index (χ4v) is 4.86. The molecule has 2 aliphatic heterocycles. The zero-order valence-corrected chi connectivity index (χ0v) is 19.8. The van der Waals surface area contributed by atoms with E-state index in [9.17, 15) is 9.90 Å². The highest BCUT2D eigenvalue weighted by Crippen LogP contribution is 2.29. The molecule has 4 rings (SSSR count). The monoisotopic (exact) mass is 448 g/mol. The molecule has 0 unspecified atom stereocenters. The Kier molecular flexibility index (Phi) is 8.19. The number of nitrogens with zero attached hydrogens (tertiary/aromatic N) is 2. The van der Waals surface area contributed by atoms with Gasteiger partial charge in [0.15, 0.2) is 5.78 Å². The van der Waals surface area contributed by atoms with Crippen LogP contribution in [0.4, 0.5) is 0 Å². The van der Waals surface area contributed by atoms with Crippen molar-refractivity contribution in [2.75, 3.05) is 33.3 Å². The van der Waals surface area contributed by atoms with Gasteiger partial charge in [-0.3, -0.25) is 14.6 Å². The molecule has 2 aromatic carbocycles. The second-order valence-electron chi connectivity index (χ2n) is 9.29. The van der Waals surface area contributed by atoms with Gasteiger partial charge in [0.1, 0.15) is 11.5 Å². The molecule has 0 aromatic heterocycles. The summed E-state index contributed by atoms with van der Waals surface area (Å²) in [7, 11) is 1.62. The van der Waals surface area contributed by atoms with Crippen LogP contribution in [-0.4, -0.2) is 54.0 Å². The van der Waals surface area contributed by atoms with E-state index < -0.39 is 0 Å². The van der Waals surface area contributed by atoms with Gasteiger partial charge in [0.2, 0.25) is 0 Å². The van der Waals surface area contributed by atoms with E-state index in [2.05, 4.69) is 9.80 Å². The third kappa shape index (κ3) is 6.46. The van der Waals surface area contributed by atoms with Crippen LogP contribution in [0.3, 0.4) is 0 Å². The van der Waals surface area contributed by atoms with E-state index in [0.717, 1.165) is 61.7 Å². The number of likely N-dealkylation sites (tertiary alicyclic amines) is 2. The quantitative estimate of drug-likeness (QED) is 0.440. The Hall–Kier alpha value is -2.63. The average molecular weight is 449 g/mol. The molecule has 0 amide bonds. The largest absolute Gasteiger partial charge is 0.507 e. The number of phenolic OH excluding ortho intramolecular Hbond substituents is 1. The van der Waals surface area contributed by atoms with E-state index in [-0.39, 0.29) is 5.78 Å². The number of phenols is 1. The van der Waals surface area contributed by atoms with E-state index in [1.54, 1.807) is 37.5 Å². The van der Waals surface area contributed by atoms with Crippen LogP contribution < -0.4 is 4.74 Å². The summed E-state index contributed by atoms with van der Waals surface area (Å²) < 4.78 is 5.18. The first-order chi connectivity index (χ1) is 16.1. The molecule has 2 aromatic rings. The first kappa shape index (κ1) is 23.5. The van der Waals surface area contributed by atoms with E-state index >= 15 is 0 Å². The zero-order chi connectivity index (χ0) is 23.0. The number of methoxy groups -OCH3 is 1. The number of benzene rings is 2. The van der Waals surface area contributed by atoms with Crippen LogP contribution in [0.5, 0.6) is 11.5 Å². The minimum absolute atomic E-state index is 0.0408. The lowest BCUT2D eigenvalue weighted by Crippen LogP contribution is -2.30. The molecule has 0 saturated carbocycles. The van der Waals surface area contributed by atoms with Gasteiger partial charge in [0.25, 0.3) is 0 Å². The first-order valence-electron chi connectivity index (χ1n) is 12.3. The summed E-state index contributed by atoms with van der Waals surface area (Å²) >= 11 is 0. The summed E-state index contributed by atoms with van der Waals surface area (Å²) in [6, 6.07) is 11.3. The molecule has 1 N–H and O–H groups in total.